The number of hydrogen-bond acceptors (Lipinski definition) is 2. The molecule has 0 aromatic heterocycles. The molecule has 84 valence electrons. The van der Waals surface area contributed by atoms with Gasteiger partial charge in [0.25, 0.3) is 0 Å². The van der Waals surface area contributed by atoms with Crippen molar-refractivity contribution >= 4 is 0 Å². The van der Waals surface area contributed by atoms with Gasteiger partial charge in [-0.25, -0.2) is 0 Å². The van der Waals surface area contributed by atoms with Crippen LogP contribution < -0.4 is 5.32 Å². The molecular formula is C12H26N2. The summed E-state index contributed by atoms with van der Waals surface area (Å²) in [5, 5.41) is 3.39. The number of nitrogens with one attached hydrogen (secondary N) is 1. The van der Waals surface area contributed by atoms with Crippen LogP contribution in [0.3, 0.4) is 0 Å². The van der Waals surface area contributed by atoms with Crippen molar-refractivity contribution in [2.75, 3.05) is 13.6 Å². The quantitative estimate of drug-likeness (QED) is 0.745. The Bertz CT molecular complexity index is 148. The maximum atomic E-state index is 3.39. The molecular weight excluding hydrogens is 172 g/mol. The topological polar surface area (TPSA) is 15.3 Å². The predicted molar refractivity (Wildman–Crippen MR) is 62.6 cm³/mol. The smallest absolute Gasteiger partial charge is 0.00990 e. The zero-order chi connectivity index (χ0) is 10.6. The lowest BCUT2D eigenvalue weighted by Crippen LogP contribution is -2.44. The maximum absolute atomic E-state index is 3.39. The van der Waals surface area contributed by atoms with Crippen LogP contribution in [0.1, 0.15) is 46.5 Å². The van der Waals surface area contributed by atoms with Crippen molar-refractivity contribution < 1.29 is 0 Å². The monoisotopic (exact) mass is 198 g/mol. The summed E-state index contributed by atoms with van der Waals surface area (Å²) >= 11 is 0. The molecule has 1 rings (SSSR count). The third-order valence-corrected chi connectivity index (χ3v) is 3.60. The van der Waals surface area contributed by atoms with E-state index in [1.54, 1.807) is 0 Å². The summed E-state index contributed by atoms with van der Waals surface area (Å²) in [5.41, 5.74) is 0. The van der Waals surface area contributed by atoms with Gasteiger partial charge in [-0.2, -0.15) is 0 Å². The minimum absolute atomic E-state index is 0.705. The number of nitrogens with zero attached hydrogens (tertiary/aromatic N) is 1. The first kappa shape index (κ1) is 12.0. The molecule has 1 aliphatic rings. The summed E-state index contributed by atoms with van der Waals surface area (Å²) in [7, 11) is 2.09. The summed E-state index contributed by atoms with van der Waals surface area (Å²) in [6.07, 6.45) is 5.45. The molecule has 2 heteroatoms. The Hall–Kier alpha value is -0.0800. The van der Waals surface area contributed by atoms with Crippen molar-refractivity contribution in [3.05, 3.63) is 0 Å². The number of rotatable bonds is 4. The Morgan fingerprint density at radius 1 is 1.21 bits per heavy atom. The molecule has 0 heterocycles. The highest BCUT2D eigenvalue weighted by molar-refractivity contribution is 4.83. The van der Waals surface area contributed by atoms with E-state index in [4.69, 9.17) is 0 Å². The standard InChI is InChI=1S/C12H26N2/c1-5-14(10(2)3)12-8-6-11(13-4)7-9-12/h10-13H,5-9H2,1-4H3. The Labute approximate surface area is 89.1 Å². The summed E-state index contributed by atoms with van der Waals surface area (Å²) in [5.74, 6) is 0. The molecule has 0 aromatic rings. The Morgan fingerprint density at radius 3 is 2.14 bits per heavy atom. The molecule has 0 amide bonds. The third-order valence-electron chi connectivity index (χ3n) is 3.60. The van der Waals surface area contributed by atoms with Crippen LogP contribution in [0.2, 0.25) is 0 Å². The maximum Gasteiger partial charge on any atom is 0.00990 e. The van der Waals surface area contributed by atoms with E-state index < -0.39 is 0 Å². The van der Waals surface area contributed by atoms with Crippen LogP contribution in [-0.4, -0.2) is 36.6 Å². The van der Waals surface area contributed by atoms with Crippen molar-refractivity contribution in [3.63, 3.8) is 0 Å². The SMILES string of the molecule is CCN(C(C)C)C1CCC(NC)CC1. The number of hydrogen-bond donors (Lipinski definition) is 1. The van der Waals surface area contributed by atoms with E-state index >= 15 is 0 Å². The molecule has 1 saturated carbocycles. The van der Waals surface area contributed by atoms with E-state index in [0.29, 0.717) is 6.04 Å². The first-order valence-electron chi connectivity index (χ1n) is 6.12. The highest BCUT2D eigenvalue weighted by atomic mass is 15.2. The first-order chi connectivity index (χ1) is 6.69. The molecule has 0 aliphatic heterocycles. The molecule has 0 saturated heterocycles. The second kappa shape index (κ2) is 5.72. The molecule has 1 aliphatic carbocycles. The summed E-state index contributed by atoms with van der Waals surface area (Å²) in [4.78, 5) is 2.64. The van der Waals surface area contributed by atoms with Crippen molar-refractivity contribution in [3.8, 4) is 0 Å². The minimum atomic E-state index is 0.705. The molecule has 1 fully saturated rings. The lowest BCUT2D eigenvalue weighted by Gasteiger charge is -2.38. The fourth-order valence-electron chi connectivity index (χ4n) is 2.74. The van der Waals surface area contributed by atoms with E-state index in [1.807, 2.05) is 0 Å². The van der Waals surface area contributed by atoms with Gasteiger partial charge in [0.1, 0.15) is 0 Å². The highest BCUT2D eigenvalue weighted by Crippen LogP contribution is 2.24. The van der Waals surface area contributed by atoms with Crippen LogP contribution in [-0.2, 0) is 0 Å². The Balaban J connectivity index is 2.39. The van der Waals surface area contributed by atoms with E-state index in [2.05, 4.69) is 38.0 Å². The van der Waals surface area contributed by atoms with Crippen LogP contribution in [0.4, 0.5) is 0 Å². The van der Waals surface area contributed by atoms with Gasteiger partial charge in [0.15, 0.2) is 0 Å². The van der Waals surface area contributed by atoms with Gasteiger partial charge >= 0.3 is 0 Å². The average Bonchev–Trinajstić information content (AvgIpc) is 2.19. The molecule has 0 aromatic carbocycles. The summed E-state index contributed by atoms with van der Waals surface area (Å²) in [6, 6.07) is 2.32. The molecule has 14 heavy (non-hydrogen) atoms. The van der Waals surface area contributed by atoms with Crippen molar-refractivity contribution in [2.24, 2.45) is 0 Å². The van der Waals surface area contributed by atoms with Crippen LogP contribution >= 0.6 is 0 Å². The van der Waals surface area contributed by atoms with Gasteiger partial charge in [-0.3, -0.25) is 4.90 Å². The fourth-order valence-corrected chi connectivity index (χ4v) is 2.74. The van der Waals surface area contributed by atoms with Gasteiger partial charge < -0.3 is 5.32 Å². The van der Waals surface area contributed by atoms with Gasteiger partial charge in [0.2, 0.25) is 0 Å². The second-order valence-corrected chi connectivity index (χ2v) is 4.72. The Morgan fingerprint density at radius 2 is 1.79 bits per heavy atom. The van der Waals surface area contributed by atoms with Gasteiger partial charge in [-0.15, -0.1) is 0 Å². The molecule has 1 N–H and O–H groups in total. The lowest BCUT2D eigenvalue weighted by atomic mass is 9.89. The van der Waals surface area contributed by atoms with Gasteiger partial charge in [0.05, 0.1) is 0 Å². The van der Waals surface area contributed by atoms with Crippen molar-refractivity contribution in [2.45, 2.75) is 64.6 Å². The van der Waals surface area contributed by atoms with Crippen LogP contribution in [0.5, 0.6) is 0 Å². The lowest BCUT2D eigenvalue weighted by molar-refractivity contribution is 0.119. The zero-order valence-electron chi connectivity index (χ0n) is 10.2. The second-order valence-electron chi connectivity index (χ2n) is 4.72. The zero-order valence-corrected chi connectivity index (χ0v) is 10.2. The molecule has 0 spiro atoms. The Kier molecular flexibility index (Phi) is 4.90. The average molecular weight is 198 g/mol. The fraction of sp³-hybridized carbons (Fsp3) is 1.00. The van der Waals surface area contributed by atoms with E-state index in [0.717, 1.165) is 12.1 Å². The minimum Gasteiger partial charge on any atom is -0.317 e. The van der Waals surface area contributed by atoms with Crippen LogP contribution in [0.25, 0.3) is 0 Å². The molecule has 2 nitrogen and oxygen atoms in total. The van der Waals surface area contributed by atoms with E-state index in [1.165, 1.54) is 32.2 Å². The van der Waals surface area contributed by atoms with Gasteiger partial charge in [-0.05, 0) is 53.1 Å². The van der Waals surface area contributed by atoms with Crippen LogP contribution in [0, 0.1) is 0 Å². The molecule has 0 unspecified atom stereocenters. The molecule has 0 radical (unpaired) electrons. The van der Waals surface area contributed by atoms with Gasteiger partial charge in [-0.1, -0.05) is 6.92 Å². The van der Waals surface area contributed by atoms with E-state index in [-0.39, 0.29) is 0 Å². The predicted octanol–water partition coefficient (Wildman–Crippen LogP) is 2.25. The normalized spacial score (nSPS) is 28.7. The van der Waals surface area contributed by atoms with Crippen molar-refractivity contribution in [1.29, 1.82) is 0 Å². The first-order valence-corrected chi connectivity index (χ1v) is 6.12. The van der Waals surface area contributed by atoms with Crippen molar-refractivity contribution in [1.82, 2.24) is 10.2 Å². The highest BCUT2D eigenvalue weighted by Gasteiger charge is 2.25. The third kappa shape index (κ3) is 2.96. The molecule has 0 bridgehead atoms. The summed E-state index contributed by atoms with van der Waals surface area (Å²) < 4.78 is 0. The van der Waals surface area contributed by atoms with Crippen LogP contribution in [0.15, 0.2) is 0 Å². The van der Waals surface area contributed by atoms with E-state index in [9.17, 15) is 0 Å². The molecule has 0 atom stereocenters. The van der Waals surface area contributed by atoms with Gasteiger partial charge in [0, 0.05) is 18.1 Å². The summed E-state index contributed by atoms with van der Waals surface area (Å²) in [6.45, 7) is 8.11. The largest absolute Gasteiger partial charge is 0.317 e.